The van der Waals surface area contributed by atoms with Gasteiger partial charge >= 0.3 is 11.9 Å². The third-order valence-corrected chi connectivity index (χ3v) is 7.45. The van der Waals surface area contributed by atoms with Crippen molar-refractivity contribution in [3.63, 3.8) is 0 Å². The van der Waals surface area contributed by atoms with Gasteiger partial charge in [0.05, 0.1) is 12.2 Å². The minimum atomic E-state index is -1.25. The number of piperidine rings is 1. The first-order valence-electron chi connectivity index (χ1n) is 11.0. The zero-order valence-corrected chi connectivity index (χ0v) is 17.7. The predicted molar refractivity (Wildman–Crippen MR) is 111 cm³/mol. The highest BCUT2D eigenvalue weighted by Crippen LogP contribution is 2.49. The molecule has 0 bridgehead atoms. The Morgan fingerprint density at radius 3 is 2.28 bits per heavy atom. The van der Waals surface area contributed by atoms with E-state index in [4.69, 9.17) is 9.47 Å². The van der Waals surface area contributed by atoms with Crippen molar-refractivity contribution in [2.75, 3.05) is 13.1 Å². The molecule has 2 atom stereocenters. The van der Waals surface area contributed by atoms with Crippen molar-refractivity contribution >= 4 is 23.9 Å². The molecule has 9 nitrogen and oxygen atoms in total. The number of aliphatic imine (C=N–C) groups is 1. The molecule has 2 N–H and O–H groups in total. The molecule has 3 aliphatic heterocycles. The topological polar surface area (TPSA) is 126 Å². The predicted octanol–water partition coefficient (Wildman–Crippen LogP) is 2.14. The van der Waals surface area contributed by atoms with Gasteiger partial charge in [0, 0.05) is 38.8 Å². The average molecular weight is 442 g/mol. The molecule has 0 aromatic heterocycles. The smallest absolute Gasteiger partial charge is 0.303 e. The maximum absolute atomic E-state index is 12.9. The quantitative estimate of drug-likeness (QED) is 0.726. The molecule has 9 heteroatoms. The molecule has 2 spiro atoms. The summed E-state index contributed by atoms with van der Waals surface area (Å²) < 4.78 is 12.3. The van der Waals surface area contributed by atoms with E-state index in [1.807, 2.05) is 17.0 Å². The number of benzene rings is 1. The van der Waals surface area contributed by atoms with E-state index in [-0.39, 0.29) is 37.3 Å². The largest absolute Gasteiger partial charge is 0.481 e. The zero-order valence-electron chi connectivity index (χ0n) is 17.7. The Kier molecular flexibility index (Phi) is 4.96. The van der Waals surface area contributed by atoms with Crippen molar-refractivity contribution in [2.45, 2.75) is 56.3 Å². The molecule has 1 saturated carbocycles. The van der Waals surface area contributed by atoms with Gasteiger partial charge in [-0.25, -0.2) is 0 Å². The molecule has 170 valence electrons. The number of rotatable bonds is 4. The van der Waals surface area contributed by atoms with Crippen LogP contribution in [0.4, 0.5) is 0 Å². The number of hydrogen-bond donors (Lipinski definition) is 2. The summed E-state index contributed by atoms with van der Waals surface area (Å²) in [7, 11) is 0. The summed E-state index contributed by atoms with van der Waals surface area (Å²) in [5, 5.41) is 18.5. The fraction of sp³-hybridized carbons (Fsp3) is 0.565. The Bertz CT molecular complexity index is 972. The highest BCUT2D eigenvalue weighted by molar-refractivity contribution is 6.01. The summed E-state index contributed by atoms with van der Waals surface area (Å²) in [5.41, 5.74) is 0.872. The van der Waals surface area contributed by atoms with Crippen LogP contribution in [-0.2, 0) is 36.1 Å². The molecule has 2 unspecified atom stereocenters. The van der Waals surface area contributed by atoms with Crippen LogP contribution in [0.25, 0.3) is 0 Å². The standard InChI is InChI=1S/C23H26N2O7/c26-18(27)9-15-11-23(12-16(15)10-19(28)29)20(30)24-21(32-23)25-7-5-22(6-8-25)17-4-2-1-3-14(17)13-31-22/h1-4,15-16H,5-13H2,(H,26,27)(H,28,29). The Hall–Kier alpha value is -2.94. The summed E-state index contributed by atoms with van der Waals surface area (Å²) in [6.45, 7) is 1.84. The number of carbonyl (C=O) groups is 3. The van der Waals surface area contributed by atoms with E-state index >= 15 is 0 Å². The summed E-state index contributed by atoms with van der Waals surface area (Å²) in [4.78, 5) is 41.5. The minimum absolute atomic E-state index is 0.178. The highest BCUT2D eigenvalue weighted by Gasteiger charge is 2.57. The number of aliphatic carboxylic acids is 2. The summed E-state index contributed by atoms with van der Waals surface area (Å²) >= 11 is 0. The lowest BCUT2D eigenvalue weighted by molar-refractivity contribution is -0.141. The third kappa shape index (κ3) is 3.44. The van der Waals surface area contributed by atoms with Crippen molar-refractivity contribution in [2.24, 2.45) is 16.8 Å². The summed E-state index contributed by atoms with van der Waals surface area (Å²) in [5.74, 6) is -3.32. The molecule has 1 amide bonds. The lowest BCUT2D eigenvalue weighted by Gasteiger charge is -2.39. The van der Waals surface area contributed by atoms with E-state index in [1.165, 1.54) is 11.1 Å². The van der Waals surface area contributed by atoms with Gasteiger partial charge < -0.3 is 24.6 Å². The van der Waals surface area contributed by atoms with Crippen molar-refractivity contribution in [1.29, 1.82) is 0 Å². The van der Waals surface area contributed by atoms with Crippen LogP contribution in [0.5, 0.6) is 0 Å². The van der Waals surface area contributed by atoms with Crippen LogP contribution in [0.2, 0.25) is 0 Å². The molecule has 1 aromatic rings. The highest BCUT2D eigenvalue weighted by atomic mass is 16.5. The van der Waals surface area contributed by atoms with Gasteiger partial charge in [-0.15, -0.1) is 0 Å². The van der Waals surface area contributed by atoms with Gasteiger partial charge in [-0.05, 0) is 35.8 Å². The fourth-order valence-corrected chi connectivity index (χ4v) is 5.87. The van der Waals surface area contributed by atoms with E-state index in [9.17, 15) is 24.6 Å². The van der Waals surface area contributed by atoms with Crippen LogP contribution < -0.4 is 0 Å². The van der Waals surface area contributed by atoms with Crippen LogP contribution in [0, 0.1) is 11.8 Å². The summed E-state index contributed by atoms with van der Waals surface area (Å²) in [6, 6.07) is 8.50. The Balaban J connectivity index is 1.28. The van der Waals surface area contributed by atoms with Crippen molar-refractivity contribution in [3.8, 4) is 0 Å². The molecule has 0 radical (unpaired) electrons. The zero-order chi connectivity index (χ0) is 22.5. The Morgan fingerprint density at radius 1 is 1.03 bits per heavy atom. The monoisotopic (exact) mass is 442 g/mol. The van der Waals surface area contributed by atoms with Gasteiger partial charge in [-0.1, -0.05) is 24.3 Å². The molecule has 1 saturated heterocycles. The molecule has 5 rings (SSSR count). The van der Waals surface area contributed by atoms with Crippen LogP contribution in [0.15, 0.2) is 29.3 Å². The van der Waals surface area contributed by atoms with Gasteiger partial charge in [0.2, 0.25) is 0 Å². The maximum atomic E-state index is 12.9. The number of carboxylic acid groups (broad SMARTS) is 2. The van der Waals surface area contributed by atoms with Gasteiger partial charge in [-0.2, -0.15) is 4.99 Å². The minimum Gasteiger partial charge on any atom is -0.481 e. The first-order valence-corrected chi connectivity index (χ1v) is 11.0. The Labute approximate surface area is 185 Å². The summed E-state index contributed by atoms with van der Waals surface area (Å²) in [6.07, 6.45) is 1.48. The van der Waals surface area contributed by atoms with Gasteiger partial charge in [0.25, 0.3) is 11.9 Å². The molecule has 2 fully saturated rings. The average Bonchev–Trinajstić information content (AvgIpc) is 3.37. The second-order valence-corrected chi connectivity index (χ2v) is 9.35. The SMILES string of the molecule is O=C(O)CC1CC2(CC1CC(=O)O)OC(N1CCC3(CC1)OCc1ccccc13)=NC2=O. The normalized spacial score (nSPS) is 30.4. The van der Waals surface area contributed by atoms with Crippen molar-refractivity contribution < 1.29 is 34.1 Å². The molecular formula is C23H26N2O7. The first kappa shape index (κ1) is 20.9. The number of amides is 1. The number of likely N-dealkylation sites (tertiary alicyclic amines) is 1. The molecule has 32 heavy (non-hydrogen) atoms. The van der Waals surface area contributed by atoms with E-state index < -0.39 is 35.3 Å². The van der Waals surface area contributed by atoms with E-state index in [1.54, 1.807) is 0 Å². The molecule has 4 aliphatic rings. The van der Waals surface area contributed by atoms with E-state index in [2.05, 4.69) is 17.1 Å². The fourth-order valence-electron chi connectivity index (χ4n) is 5.87. The second kappa shape index (κ2) is 7.58. The van der Waals surface area contributed by atoms with Crippen LogP contribution in [0.1, 0.15) is 49.7 Å². The van der Waals surface area contributed by atoms with Gasteiger partial charge in [0.1, 0.15) is 0 Å². The molecule has 3 heterocycles. The molecule has 1 aromatic carbocycles. The third-order valence-electron chi connectivity index (χ3n) is 7.45. The maximum Gasteiger partial charge on any atom is 0.303 e. The van der Waals surface area contributed by atoms with Gasteiger partial charge in [0.15, 0.2) is 5.60 Å². The van der Waals surface area contributed by atoms with Crippen LogP contribution in [0.3, 0.4) is 0 Å². The number of amidine groups is 1. The van der Waals surface area contributed by atoms with Crippen molar-refractivity contribution in [1.82, 2.24) is 4.90 Å². The number of carbonyl (C=O) groups excluding carboxylic acids is 1. The second-order valence-electron chi connectivity index (χ2n) is 9.35. The molecule has 1 aliphatic carbocycles. The lowest BCUT2D eigenvalue weighted by atomic mass is 9.84. The Morgan fingerprint density at radius 2 is 1.66 bits per heavy atom. The number of fused-ring (bicyclic) bond motifs is 2. The number of nitrogens with zero attached hydrogens (tertiary/aromatic N) is 2. The number of hydrogen-bond acceptors (Lipinski definition) is 6. The number of carboxylic acids is 2. The van der Waals surface area contributed by atoms with Gasteiger partial charge in [-0.3, -0.25) is 14.4 Å². The van der Waals surface area contributed by atoms with E-state index in [0.29, 0.717) is 19.7 Å². The number of ether oxygens (including phenoxy) is 2. The molecular weight excluding hydrogens is 416 g/mol. The van der Waals surface area contributed by atoms with Crippen LogP contribution in [-0.4, -0.2) is 57.7 Å². The van der Waals surface area contributed by atoms with E-state index in [0.717, 1.165) is 12.8 Å². The van der Waals surface area contributed by atoms with Crippen molar-refractivity contribution in [3.05, 3.63) is 35.4 Å². The first-order chi connectivity index (χ1) is 15.3. The van der Waals surface area contributed by atoms with Crippen LogP contribution >= 0.6 is 0 Å². The lowest BCUT2D eigenvalue weighted by Crippen LogP contribution is -2.46.